The number of carboxylic acid groups (broad SMARTS) is 1. The van der Waals surface area contributed by atoms with Crippen LogP contribution in [0.25, 0.3) is 5.69 Å². The van der Waals surface area contributed by atoms with E-state index in [0.29, 0.717) is 22.1 Å². The third-order valence-electron chi connectivity index (χ3n) is 5.34. The molecule has 3 N–H and O–H groups in total. The fourth-order valence-corrected chi connectivity index (χ4v) is 3.90. The summed E-state index contributed by atoms with van der Waals surface area (Å²) in [6.45, 7) is 3.33. The number of alkyl halides is 3. The second kappa shape index (κ2) is 10.6. The van der Waals surface area contributed by atoms with Crippen LogP contribution in [0.15, 0.2) is 69.6 Å². The van der Waals surface area contributed by atoms with Crippen LogP contribution in [0.1, 0.15) is 19.4 Å². The molecule has 1 atom stereocenters. The van der Waals surface area contributed by atoms with E-state index in [0.717, 1.165) is 23.9 Å². The monoisotopic (exact) mass is 523 g/mol. The molecule has 0 spiro atoms. The van der Waals surface area contributed by atoms with E-state index in [1.165, 1.54) is 36.2 Å². The second-order valence-electron chi connectivity index (χ2n) is 8.46. The number of hydrogen-bond donors (Lipinski definition) is 2. The summed E-state index contributed by atoms with van der Waals surface area (Å²) in [7, 11) is 1.42. The molecule has 0 bridgehead atoms. The SMILES string of the molecule is COc1cc(-n2ccnc(Sc3ccc(C(F)(F)F)cc3)c2=O)ccc1OCC(C)(C)C(N)C(=O)O. The number of methoxy groups -OCH3 is 1. The van der Waals surface area contributed by atoms with E-state index in [1.807, 2.05) is 0 Å². The van der Waals surface area contributed by atoms with Crippen LogP contribution in [-0.2, 0) is 11.0 Å². The lowest BCUT2D eigenvalue weighted by molar-refractivity contribution is -0.142. The van der Waals surface area contributed by atoms with E-state index >= 15 is 0 Å². The van der Waals surface area contributed by atoms with Gasteiger partial charge in [0.1, 0.15) is 6.04 Å². The van der Waals surface area contributed by atoms with Crippen molar-refractivity contribution in [3.63, 3.8) is 0 Å². The summed E-state index contributed by atoms with van der Waals surface area (Å²) in [6.07, 6.45) is -1.60. The highest BCUT2D eigenvalue weighted by Gasteiger charge is 2.33. The largest absolute Gasteiger partial charge is 0.493 e. The molecule has 3 rings (SSSR count). The van der Waals surface area contributed by atoms with Crippen molar-refractivity contribution in [1.29, 1.82) is 0 Å². The summed E-state index contributed by atoms with van der Waals surface area (Å²) in [5.74, 6) is -0.519. The molecule has 1 aromatic heterocycles. The molecule has 12 heteroatoms. The number of nitrogens with zero attached hydrogens (tertiary/aromatic N) is 2. The van der Waals surface area contributed by atoms with Gasteiger partial charge in [0.25, 0.3) is 5.56 Å². The van der Waals surface area contributed by atoms with Gasteiger partial charge in [-0.2, -0.15) is 13.2 Å². The van der Waals surface area contributed by atoms with Crippen LogP contribution in [0.5, 0.6) is 11.5 Å². The first-order chi connectivity index (χ1) is 16.8. The molecule has 0 aliphatic heterocycles. The Morgan fingerprint density at radius 1 is 1.17 bits per heavy atom. The number of rotatable bonds is 9. The van der Waals surface area contributed by atoms with Crippen molar-refractivity contribution in [1.82, 2.24) is 9.55 Å². The van der Waals surface area contributed by atoms with Crippen molar-refractivity contribution >= 4 is 17.7 Å². The lowest BCUT2D eigenvalue weighted by Gasteiger charge is -2.28. The zero-order chi connectivity index (χ0) is 26.7. The molecule has 36 heavy (non-hydrogen) atoms. The number of hydrogen-bond acceptors (Lipinski definition) is 7. The van der Waals surface area contributed by atoms with Crippen molar-refractivity contribution in [2.24, 2.45) is 11.1 Å². The van der Waals surface area contributed by atoms with Gasteiger partial charge in [0.15, 0.2) is 16.5 Å². The fraction of sp³-hybridized carbons (Fsp3) is 0.292. The third-order valence-corrected chi connectivity index (χ3v) is 6.32. The first-order valence-corrected chi connectivity index (χ1v) is 11.4. The maximum Gasteiger partial charge on any atom is 0.416 e. The van der Waals surface area contributed by atoms with Crippen LogP contribution in [0, 0.1) is 5.41 Å². The first-order valence-electron chi connectivity index (χ1n) is 10.6. The predicted molar refractivity (Wildman–Crippen MR) is 127 cm³/mol. The molecule has 3 aromatic rings. The number of carboxylic acids is 1. The molecule has 0 saturated heterocycles. The minimum absolute atomic E-state index is 0.000699. The standard InChI is InChI=1S/C24H24F3N3O5S/c1-23(2,19(28)22(32)33)13-35-17-9-6-15(12-18(17)34-3)30-11-10-29-20(21(30)31)36-16-7-4-14(5-8-16)24(25,26)27/h4-12,19H,13,28H2,1-3H3,(H,32,33). The highest BCUT2D eigenvalue weighted by atomic mass is 32.2. The summed E-state index contributed by atoms with van der Waals surface area (Å²) in [5.41, 5.74) is 4.03. The summed E-state index contributed by atoms with van der Waals surface area (Å²) in [6, 6.07) is 8.04. The van der Waals surface area contributed by atoms with Gasteiger partial charge in [-0.1, -0.05) is 25.6 Å². The van der Waals surface area contributed by atoms with Gasteiger partial charge >= 0.3 is 12.1 Å². The molecule has 1 heterocycles. The number of ether oxygens (including phenoxy) is 2. The number of aromatic nitrogens is 2. The maximum atomic E-state index is 13.0. The average molecular weight is 524 g/mol. The number of benzene rings is 2. The molecule has 0 saturated carbocycles. The molecule has 0 amide bonds. The second-order valence-corrected chi connectivity index (χ2v) is 9.52. The van der Waals surface area contributed by atoms with E-state index in [4.69, 9.17) is 15.2 Å². The Kier molecular flexibility index (Phi) is 7.99. The van der Waals surface area contributed by atoms with Crippen molar-refractivity contribution < 1.29 is 32.5 Å². The summed E-state index contributed by atoms with van der Waals surface area (Å²) in [4.78, 5) is 28.8. The van der Waals surface area contributed by atoms with Gasteiger partial charge in [-0.15, -0.1) is 0 Å². The molecule has 1 unspecified atom stereocenters. The Balaban J connectivity index is 1.84. The van der Waals surface area contributed by atoms with E-state index in [2.05, 4.69) is 4.98 Å². The Morgan fingerprint density at radius 3 is 2.42 bits per heavy atom. The normalized spacial score (nSPS) is 12.8. The summed E-state index contributed by atoms with van der Waals surface area (Å²) >= 11 is 0.944. The minimum Gasteiger partial charge on any atom is -0.493 e. The molecule has 192 valence electrons. The van der Waals surface area contributed by atoms with Crippen LogP contribution < -0.4 is 20.8 Å². The zero-order valence-electron chi connectivity index (χ0n) is 19.6. The molecule has 0 aliphatic carbocycles. The Bertz CT molecular complexity index is 1290. The van der Waals surface area contributed by atoms with Gasteiger partial charge in [-0.05, 0) is 36.4 Å². The molecule has 0 radical (unpaired) electrons. The quantitative estimate of drug-likeness (QED) is 0.428. The van der Waals surface area contributed by atoms with Gasteiger partial charge in [-0.3, -0.25) is 14.2 Å². The fourth-order valence-electron chi connectivity index (χ4n) is 3.10. The molecular formula is C24H24F3N3O5S. The van der Waals surface area contributed by atoms with Crippen LogP contribution in [-0.4, -0.2) is 40.4 Å². The van der Waals surface area contributed by atoms with Crippen molar-refractivity contribution in [2.75, 3.05) is 13.7 Å². The van der Waals surface area contributed by atoms with Gasteiger partial charge in [0, 0.05) is 28.8 Å². The van der Waals surface area contributed by atoms with Crippen LogP contribution >= 0.6 is 11.8 Å². The smallest absolute Gasteiger partial charge is 0.416 e. The van der Waals surface area contributed by atoms with E-state index in [1.54, 1.807) is 32.0 Å². The molecule has 2 aromatic carbocycles. The molecule has 0 aliphatic rings. The van der Waals surface area contributed by atoms with Gasteiger partial charge in [-0.25, -0.2) is 4.98 Å². The Hall–Kier alpha value is -3.51. The first kappa shape index (κ1) is 27.1. The van der Waals surface area contributed by atoms with E-state index in [9.17, 15) is 27.9 Å². The van der Waals surface area contributed by atoms with E-state index in [-0.39, 0.29) is 11.6 Å². The van der Waals surface area contributed by atoms with Crippen LogP contribution in [0.3, 0.4) is 0 Å². The third kappa shape index (κ3) is 6.18. The van der Waals surface area contributed by atoms with Crippen LogP contribution in [0.4, 0.5) is 13.2 Å². The lowest BCUT2D eigenvalue weighted by Crippen LogP contribution is -2.47. The minimum atomic E-state index is -4.45. The lowest BCUT2D eigenvalue weighted by atomic mass is 9.86. The van der Waals surface area contributed by atoms with Crippen LogP contribution in [0.2, 0.25) is 0 Å². The average Bonchev–Trinajstić information content (AvgIpc) is 2.83. The highest BCUT2D eigenvalue weighted by molar-refractivity contribution is 7.99. The number of halogens is 3. The van der Waals surface area contributed by atoms with Crippen molar-refractivity contribution in [3.05, 3.63) is 70.8 Å². The van der Waals surface area contributed by atoms with Crippen molar-refractivity contribution in [3.8, 4) is 17.2 Å². The topological polar surface area (TPSA) is 117 Å². The molecular weight excluding hydrogens is 499 g/mol. The number of aliphatic carboxylic acids is 1. The molecule has 8 nitrogen and oxygen atoms in total. The predicted octanol–water partition coefficient (Wildman–Crippen LogP) is 4.23. The van der Waals surface area contributed by atoms with Gasteiger partial charge in [0.05, 0.1) is 25.0 Å². The summed E-state index contributed by atoms with van der Waals surface area (Å²) in [5, 5.41) is 9.24. The van der Waals surface area contributed by atoms with Gasteiger partial charge < -0.3 is 20.3 Å². The van der Waals surface area contributed by atoms with E-state index < -0.39 is 34.7 Å². The molecule has 0 fully saturated rings. The van der Waals surface area contributed by atoms with Crippen molar-refractivity contribution in [2.45, 2.75) is 36.0 Å². The number of carbonyl (C=O) groups is 1. The Morgan fingerprint density at radius 2 is 1.83 bits per heavy atom. The highest BCUT2D eigenvalue weighted by Crippen LogP contribution is 2.33. The Labute approximate surface area is 208 Å². The number of nitrogens with two attached hydrogens (primary N) is 1. The zero-order valence-corrected chi connectivity index (χ0v) is 20.4. The maximum absolute atomic E-state index is 13.0. The summed E-state index contributed by atoms with van der Waals surface area (Å²) < 4.78 is 50.9. The van der Waals surface area contributed by atoms with Gasteiger partial charge in [0.2, 0.25) is 0 Å².